The number of amides is 2. The lowest BCUT2D eigenvalue weighted by atomic mass is 10.0. The SMILES string of the molecule is O=C(O)CCC(=O)N1CCC(NC(=O)c2cc(Br)c(Br)[nH]2)CC1. The standard InChI is InChI=1S/C14H17Br2N3O4/c15-9-7-10(18-13(9)16)14(23)17-8-3-5-19(6-4-8)11(20)1-2-12(21)22/h7-8,18H,1-6H2,(H,17,23)(H,21,22). The zero-order valence-electron chi connectivity index (χ0n) is 12.3. The summed E-state index contributed by atoms with van der Waals surface area (Å²) in [7, 11) is 0. The molecule has 9 heteroatoms. The molecule has 1 saturated heterocycles. The number of hydrogen-bond acceptors (Lipinski definition) is 3. The second-order valence-corrected chi connectivity index (χ2v) is 7.01. The maximum atomic E-state index is 12.1. The summed E-state index contributed by atoms with van der Waals surface area (Å²) in [6.07, 6.45) is 1.20. The van der Waals surface area contributed by atoms with Gasteiger partial charge < -0.3 is 20.3 Å². The van der Waals surface area contributed by atoms with E-state index in [1.54, 1.807) is 11.0 Å². The molecule has 3 N–H and O–H groups in total. The average Bonchev–Trinajstić information content (AvgIpc) is 2.85. The van der Waals surface area contributed by atoms with Gasteiger partial charge in [-0.2, -0.15) is 0 Å². The van der Waals surface area contributed by atoms with Gasteiger partial charge in [-0.3, -0.25) is 14.4 Å². The minimum Gasteiger partial charge on any atom is -0.481 e. The van der Waals surface area contributed by atoms with Gasteiger partial charge in [-0.25, -0.2) is 0 Å². The van der Waals surface area contributed by atoms with Crippen LogP contribution in [-0.4, -0.2) is 51.9 Å². The predicted molar refractivity (Wildman–Crippen MR) is 90.1 cm³/mol. The number of rotatable bonds is 5. The number of hydrogen-bond donors (Lipinski definition) is 3. The Kier molecular flexibility index (Phi) is 6.23. The van der Waals surface area contributed by atoms with Crippen molar-refractivity contribution in [3.63, 3.8) is 0 Å². The van der Waals surface area contributed by atoms with Gasteiger partial charge in [0.25, 0.3) is 5.91 Å². The van der Waals surface area contributed by atoms with Gasteiger partial charge in [0.15, 0.2) is 0 Å². The Balaban J connectivity index is 1.79. The first kappa shape index (κ1) is 18.0. The third kappa shape index (κ3) is 5.07. The van der Waals surface area contributed by atoms with Crippen LogP contribution in [-0.2, 0) is 9.59 Å². The number of carbonyl (C=O) groups excluding carboxylic acids is 2. The van der Waals surface area contributed by atoms with Crippen LogP contribution in [0.4, 0.5) is 0 Å². The molecular formula is C14H17Br2N3O4. The topological polar surface area (TPSA) is 102 Å². The summed E-state index contributed by atoms with van der Waals surface area (Å²) in [5, 5.41) is 11.5. The van der Waals surface area contributed by atoms with Gasteiger partial charge in [-0.1, -0.05) is 0 Å². The number of aromatic amines is 1. The molecule has 0 aliphatic carbocycles. The molecule has 7 nitrogen and oxygen atoms in total. The molecule has 1 aliphatic rings. The summed E-state index contributed by atoms with van der Waals surface area (Å²) in [6, 6.07) is 1.70. The Hall–Kier alpha value is -1.35. The zero-order chi connectivity index (χ0) is 17.0. The first-order valence-electron chi connectivity index (χ1n) is 7.21. The molecule has 0 saturated carbocycles. The summed E-state index contributed by atoms with van der Waals surface area (Å²) >= 11 is 6.60. The van der Waals surface area contributed by atoms with Crippen LogP contribution >= 0.6 is 31.9 Å². The highest BCUT2D eigenvalue weighted by Gasteiger charge is 2.24. The molecular weight excluding hydrogens is 434 g/mol. The van der Waals surface area contributed by atoms with E-state index in [-0.39, 0.29) is 30.7 Å². The molecule has 1 aliphatic heterocycles. The van der Waals surface area contributed by atoms with E-state index in [4.69, 9.17) is 5.11 Å². The molecule has 0 bridgehead atoms. The monoisotopic (exact) mass is 449 g/mol. The third-order valence-electron chi connectivity index (χ3n) is 3.71. The number of H-pyrrole nitrogens is 1. The van der Waals surface area contributed by atoms with Gasteiger partial charge in [0.1, 0.15) is 5.69 Å². The van der Waals surface area contributed by atoms with Crippen molar-refractivity contribution in [3.8, 4) is 0 Å². The number of carboxylic acids is 1. The molecule has 1 fully saturated rings. The van der Waals surface area contributed by atoms with Crippen LogP contribution in [0.2, 0.25) is 0 Å². The van der Waals surface area contributed by atoms with Crippen molar-refractivity contribution in [2.75, 3.05) is 13.1 Å². The first-order valence-corrected chi connectivity index (χ1v) is 8.80. The smallest absolute Gasteiger partial charge is 0.303 e. The predicted octanol–water partition coefficient (Wildman–Crippen LogP) is 2.13. The largest absolute Gasteiger partial charge is 0.481 e. The Morgan fingerprint density at radius 2 is 1.91 bits per heavy atom. The first-order chi connectivity index (χ1) is 10.9. The van der Waals surface area contributed by atoms with Crippen molar-refractivity contribution in [1.82, 2.24) is 15.2 Å². The van der Waals surface area contributed by atoms with Gasteiger partial charge in [0, 0.05) is 25.6 Å². The number of aromatic nitrogens is 1. The minimum absolute atomic E-state index is 0.00637. The van der Waals surface area contributed by atoms with E-state index in [1.165, 1.54) is 0 Å². The summed E-state index contributed by atoms with van der Waals surface area (Å²) in [5.74, 6) is -1.30. The van der Waals surface area contributed by atoms with E-state index in [9.17, 15) is 14.4 Å². The molecule has 0 spiro atoms. The van der Waals surface area contributed by atoms with E-state index in [1.807, 2.05) is 0 Å². The van der Waals surface area contributed by atoms with Crippen LogP contribution < -0.4 is 5.32 Å². The van der Waals surface area contributed by atoms with Crippen molar-refractivity contribution in [3.05, 3.63) is 20.8 Å². The number of nitrogens with one attached hydrogen (secondary N) is 2. The van der Waals surface area contributed by atoms with Gasteiger partial charge in [0.05, 0.1) is 15.5 Å². The number of carbonyl (C=O) groups is 3. The molecule has 2 rings (SSSR count). The molecule has 0 unspecified atom stereocenters. The van der Waals surface area contributed by atoms with Crippen molar-refractivity contribution >= 4 is 49.6 Å². The number of piperidine rings is 1. The highest BCUT2D eigenvalue weighted by atomic mass is 79.9. The molecule has 2 amide bonds. The van der Waals surface area contributed by atoms with Crippen molar-refractivity contribution in [2.45, 2.75) is 31.7 Å². The Morgan fingerprint density at radius 1 is 1.26 bits per heavy atom. The van der Waals surface area contributed by atoms with E-state index < -0.39 is 5.97 Å². The second-order valence-electron chi connectivity index (χ2n) is 5.37. The maximum absolute atomic E-state index is 12.1. The van der Waals surface area contributed by atoms with Gasteiger partial charge in [-0.15, -0.1) is 0 Å². The Labute approximate surface area is 150 Å². The summed E-state index contributed by atoms with van der Waals surface area (Å²) < 4.78 is 1.49. The van der Waals surface area contributed by atoms with Gasteiger partial charge >= 0.3 is 5.97 Å². The number of aliphatic carboxylic acids is 1. The highest BCUT2D eigenvalue weighted by molar-refractivity contribution is 9.13. The quantitative estimate of drug-likeness (QED) is 0.639. The van der Waals surface area contributed by atoms with Crippen LogP contribution in [0.25, 0.3) is 0 Å². The van der Waals surface area contributed by atoms with Crippen molar-refractivity contribution < 1.29 is 19.5 Å². The van der Waals surface area contributed by atoms with Crippen LogP contribution in [0.3, 0.4) is 0 Å². The maximum Gasteiger partial charge on any atom is 0.303 e. The second kappa shape index (κ2) is 7.96. The summed E-state index contributed by atoms with van der Waals surface area (Å²) in [4.78, 5) is 39.1. The number of halogens is 2. The number of carboxylic acid groups (broad SMARTS) is 1. The van der Waals surface area contributed by atoms with E-state index in [0.717, 1.165) is 4.47 Å². The van der Waals surface area contributed by atoms with Crippen molar-refractivity contribution in [2.24, 2.45) is 0 Å². The normalized spacial score (nSPS) is 15.5. The number of likely N-dealkylation sites (tertiary alicyclic amines) is 1. The molecule has 2 heterocycles. The summed E-state index contributed by atoms with van der Waals surface area (Å²) in [5.41, 5.74) is 0.462. The molecule has 1 aromatic rings. The van der Waals surface area contributed by atoms with Crippen LogP contribution in [0.5, 0.6) is 0 Å². The summed E-state index contributed by atoms with van der Waals surface area (Å²) in [6.45, 7) is 1.06. The zero-order valence-corrected chi connectivity index (χ0v) is 15.4. The minimum atomic E-state index is -0.969. The molecule has 0 atom stereocenters. The van der Waals surface area contributed by atoms with E-state index in [0.29, 0.717) is 36.2 Å². The molecule has 23 heavy (non-hydrogen) atoms. The Bertz CT molecular complexity index is 590. The molecule has 1 aromatic heterocycles. The lowest BCUT2D eigenvalue weighted by Gasteiger charge is -2.32. The van der Waals surface area contributed by atoms with Crippen LogP contribution in [0, 0.1) is 0 Å². The Morgan fingerprint density at radius 3 is 2.43 bits per heavy atom. The highest BCUT2D eigenvalue weighted by Crippen LogP contribution is 2.23. The molecule has 126 valence electrons. The van der Waals surface area contributed by atoms with E-state index in [2.05, 4.69) is 42.2 Å². The average molecular weight is 451 g/mol. The van der Waals surface area contributed by atoms with Gasteiger partial charge in [0.2, 0.25) is 5.91 Å². The fraction of sp³-hybridized carbons (Fsp3) is 0.500. The molecule has 0 radical (unpaired) electrons. The fourth-order valence-corrected chi connectivity index (χ4v) is 3.09. The van der Waals surface area contributed by atoms with Gasteiger partial charge in [-0.05, 0) is 50.8 Å². The van der Waals surface area contributed by atoms with E-state index >= 15 is 0 Å². The fourth-order valence-electron chi connectivity index (χ4n) is 2.43. The van der Waals surface area contributed by atoms with Crippen LogP contribution in [0.15, 0.2) is 15.1 Å². The lowest BCUT2D eigenvalue weighted by Crippen LogP contribution is -2.46. The third-order valence-corrected chi connectivity index (χ3v) is 5.49. The lowest BCUT2D eigenvalue weighted by molar-refractivity contribution is -0.141. The number of nitrogens with zero attached hydrogens (tertiary/aromatic N) is 1. The van der Waals surface area contributed by atoms with Crippen LogP contribution in [0.1, 0.15) is 36.2 Å². The van der Waals surface area contributed by atoms with Crippen molar-refractivity contribution in [1.29, 1.82) is 0 Å². The molecule has 0 aromatic carbocycles.